The van der Waals surface area contributed by atoms with Gasteiger partial charge in [-0.05, 0) is 49.6 Å². The number of halogens is 1. The Labute approximate surface area is 138 Å². The van der Waals surface area contributed by atoms with Crippen LogP contribution in [0.3, 0.4) is 0 Å². The van der Waals surface area contributed by atoms with E-state index in [4.69, 9.17) is 11.6 Å². The first kappa shape index (κ1) is 15.5. The van der Waals surface area contributed by atoms with Crippen molar-refractivity contribution in [1.82, 2.24) is 9.55 Å². The maximum absolute atomic E-state index is 11.4. The first-order chi connectivity index (χ1) is 11.0. The third-order valence-electron chi connectivity index (χ3n) is 3.77. The molecule has 0 unspecified atom stereocenters. The summed E-state index contributed by atoms with van der Waals surface area (Å²) in [6.45, 7) is 4.05. The molecule has 5 nitrogen and oxygen atoms in total. The van der Waals surface area contributed by atoms with Crippen molar-refractivity contribution < 1.29 is 4.92 Å². The minimum atomic E-state index is -0.374. The predicted octanol–water partition coefficient (Wildman–Crippen LogP) is 4.77. The number of fused-ring (bicyclic) bond motifs is 1. The van der Waals surface area contributed by atoms with Crippen LogP contribution in [0.5, 0.6) is 0 Å². The Hall–Kier alpha value is -2.40. The van der Waals surface area contributed by atoms with Gasteiger partial charge in [-0.25, -0.2) is 4.98 Å². The molecule has 3 aromatic rings. The Bertz CT molecular complexity index is 887. The normalized spacial score (nSPS) is 11.3. The number of hydrogen-bond donors (Lipinski definition) is 0. The fourth-order valence-electron chi connectivity index (χ4n) is 2.71. The largest absolute Gasteiger partial charge is 0.328 e. The number of benzene rings is 2. The minimum Gasteiger partial charge on any atom is -0.328 e. The molecule has 0 N–H and O–H groups in total. The van der Waals surface area contributed by atoms with Crippen molar-refractivity contribution >= 4 is 28.3 Å². The Morgan fingerprint density at radius 3 is 2.70 bits per heavy atom. The van der Waals surface area contributed by atoms with Gasteiger partial charge >= 0.3 is 0 Å². The van der Waals surface area contributed by atoms with Crippen molar-refractivity contribution in [1.29, 1.82) is 0 Å². The molecular weight excluding hydrogens is 314 g/mol. The van der Waals surface area contributed by atoms with Crippen molar-refractivity contribution in [2.75, 3.05) is 0 Å². The summed E-state index contributed by atoms with van der Waals surface area (Å²) in [5.74, 6) is 0. The fourth-order valence-corrected chi connectivity index (χ4v) is 2.92. The molecule has 0 aliphatic heterocycles. The van der Waals surface area contributed by atoms with Crippen LogP contribution >= 0.6 is 11.6 Å². The second kappa shape index (κ2) is 6.01. The zero-order chi connectivity index (χ0) is 16.6. The lowest BCUT2D eigenvalue weighted by Crippen LogP contribution is -2.00. The summed E-state index contributed by atoms with van der Waals surface area (Å²) in [5, 5.41) is 12.0. The molecule has 6 heteroatoms. The molecule has 23 heavy (non-hydrogen) atoms. The lowest BCUT2D eigenvalue weighted by molar-refractivity contribution is -0.383. The van der Waals surface area contributed by atoms with Crippen molar-refractivity contribution in [3.05, 3.63) is 69.0 Å². The second-order valence-electron chi connectivity index (χ2n) is 5.79. The minimum absolute atomic E-state index is 0.0407. The zero-order valence-corrected chi connectivity index (χ0v) is 13.6. The summed E-state index contributed by atoms with van der Waals surface area (Å²) in [7, 11) is 0. The van der Waals surface area contributed by atoms with E-state index in [0.29, 0.717) is 17.0 Å². The monoisotopic (exact) mass is 329 g/mol. The molecular formula is C17H16ClN3O2. The fraction of sp³-hybridized carbons (Fsp3) is 0.235. The van der Waals surface area contributed by atoms with Gasteiger partial charge < -0.3 is 4.57 Å². The molecule has 0 aliphatic carbocycles. The van der Waals surface area contributed by atoms with Crippen LogP contribution in [0.2, 0.25) is 5.02 Å². The molecule has 0 fully saturated rings. The van der Waals surface area contributed by atoms with Crippen LogP contribution in [0.15, 0.2) is 42.7 Å². The van der Waals surface area contributed by atoms with Crippen molar-refractivity contribution in [3.63, 3.8) is 0 Å². The summed E-state index contributed by atoms with van der Waals surface area (Å²) in [6.07, 6.45) is 2.24. The van der Waals surface area contributed by atoms with Crippen molar-refractivity contribution in [2.45, 2.75) is 26.3 Å². The lowest BCUT2D eigenvalue weighted by Gasteiger charge is -2.09. The van der Waals surface area contributed by atoms with E-state index in [9.17, 15) is 10.1 Å². The van der Waals surface area contributed by atoms with E-state index in [-0.39, 0.29) is 16.7 Å². The number of imidazole rings is 1. The molecule has 0 radical (unpaired) electrons. The number of nitro benzene ring substituents is 1. The van der Waals surface area contributed by atoms with Crippen LogP contribution in [0, 0.1) is 10.1 Å². The Balaban J connectivity index is 2.13. The molecule has 118 valence electrons. The number of aromatic nitrogens is 2. The topological polar surface area (TPSA) is 61.0 Å². The van der Waals surface area contributed by atoms with E-state index in [0.717, 1.165) is 16.6 Å². The Morgan fingerprint density at radius 2 is 2.04 bits per heavy atom. The molecule has 0 aliphatic rings. The highest BCUT2D eigenvalue weighted by atomic mass is 35.5. The van der Waals surface area contributed by atoms with Gasteiger partial charge in [0.15, 0.2) is 5.52 Å². The van der Waals surface area contributed by atoms with Crippen LogP contribution in [0.25, 0.3) is 11.0 Å². The second-order valence-corrected chi connectivity index (χ2v) is 6.23. The van der Waals surface area contributed by atoms with Crippen LogP contribution in [-0.2, 0) is 6.42 Å². The van der Waals surface area contributed by atoms with Crippen molar-refractivity contribution in [2.24, 2.45) is 0 Å². The molecule has 0 amide bonds. The van der Waals surface area contributed by atoms with E-state index in [1.807, 2.05) is 48.7 Å². The van der Waals surface area contributed by atoms with E-state index in [1.165, 1.54) is 0 Å². The summed E-state index contributed by atoms with van der Waals surface area (Å²) in [5.41, 5.74) is 3.14. The first-order valence-corrected chi connectivity index (χ1v) is 7.72. The van der Waals surface area contributed by atoms with Gasteiger partial charge in [0.05, 0.1) is 16.8 Å². The maximum Gasteiger partial charge on any atom is 0.297 e. The van der Waals surface area contributed by atoms with Gasteiger partial charge in [-0.15, -0.1) is 0 Å². The highest BCUT2D eigenvalue weighted by Crippen LogP contribution is 2.29. The summed E-state index contributed by atoms with van der Waals surface area (Å²) in [6, 6.07) is 11.3. The zero-order valence-electron chi connectivity index (χ0n) is 12.9. The average Bonchev–Trinajstić information content (AvgIpc) is 2.90. The number of nitro groups is 1. The van der Waals surface area contributed by atoms with Gasteiger partial charge in [-0.2, -0.15) is 0 Å². The standard InChI is InChI=1S/C17H16ClN3O2/c1-11(2)20-10-19-17-15(20)8-13(9-16(17)21(22)23)6-12-4-3-5-14(18)7-12/h3-5,7-11H,6H2,1-2H3. The first-order valence-electron chi connectivity index (χ1n) is 7.34. The van der Waals surface area contributed by atoms with Gasteiger partial charge in [0.1, 0.15) is 0 Å². The smallest absolute Gasteiger partial charge is 0.297 e. The number of non-ortho nitro benzene ring substituents is 1. The van der Waals surface area contributed by atoms with Crippen LogP contribution in [0.4, 0.5) is 5.69 Å². The number of rotatable bonds is 4. The molecule has 0 saturated heterocycles. The average molecular weight is 330 g/mol. The number of nitrogens with zero attached hydrogens (tertiary/aromatic N) is 3. The van der Waals surface area contributed by atoms with E-state index < -0.39 is 0 Å². The summed E-state index contributed by atoms with van der Waals surface area (Å²) in [4.78, 5) is 15.2. The van der Waals surface area contributed by atoms with Gasteiger partial charge in [-0.1, -0.05) is 23.7 Å². The molecule has 3 rings (SSSR count). The molecule has 0 bridgehead atoms. The molecule has 2 aromatic carbocycles. The Kier molecular flexibility index (Phi) is 4.05. The lowest BCUT2D eigenvalue weighted by atomic mass is 10.0. The molecule has 0 atom stereocenters. The van der Waals surface area contributed by atoms with Crippen LogP contribution in [-0.4, -0.2) is 14.5 Å². The van der Waals surface area contributed by atoms with Gasteiger partial charge in [-0.3, -0.25) is 10.1 Å². The van der Waals surface area contributed by atoms with Crippen LogP contribution < -0.4 is 0 Å². The SMILES string of the molecule is CC(C)n1cnc2c([N+](=O)[O-])cc(Cc3cccc(Cl)c3)cc21. The Morgan fingerprint density at radius 1 is 1.26 bits per heavy atom. The molecule has 0 saturated carbocycles. The van der Waals surface area contributed by atoms with E-state index in [1.54, 1.807) is 12.4 Å². The molecule has 0 spiro atoms. The highest BCUT2D eigenvalue weighted by Gasteiger charge is 2.19. The summed E-state index contributed by atoms with van der Waals surface area (Å²) >= 11 is 6.01. The highest BCUT2D eigenvalue weighted by molar-refractivity contribution is 6.30. The third-order valence-corrected chi connectivity index (χ3v) is 4.00. The van der Waals surface area contributed by atoms with E-state index >= 15 is 0 Å². The third kappa shape index (κ3) is 3.05. The maximum atomic E-state index is 11.4. The van der Waals surface area contributed by atoms with Gasteiger partial charge in [0.2, 0.25) is 0 Å². The van der Waals surface area contributed by atoms with Gasteiger partial charge in [0, 0.05) is 17.1 Å². The van der Waals surface area contributed by atoms with Gasteiger partial charge in [0.25, 0.3) is 5.69 Å². The predicted molar refractivity (Wildman–Crippen MR) is 91.0 cm³/mol. The quantitative estimate of drug-likeness (QED) is 0.511. The summed E-state index contributed by atoms with van der Waals surface area (Å²) < 4.78 is 1.95. The van der Waals surface area contributed by atoms with Crippen molar-refractivity contribution in [3.8, 4) is 0 Å². The van der Waals surface area contributed by atoms with Crippen LogP contribution in [0.1, 0.15) is 31.0 Å². The number of hydrogen-bond acceptors (Lipinski definition) is 3. The molecule has 1 aromatic heterocycles. The van der Waals surface area contributed by atoms with E-state index in [2.05, 4.69) is 4.98 Å². The molecule has 1 heterocycles.